The molecule has 4 nitrogen and oxygen atoms in total. The highest BCUT2D eigenvalue weighted by atomic mass is 15.0. The van der Waals surface area contributed by atoms with Crippen molar-refractivity contribution < 1.29 is 0 Å². The van der Waals surface area contributed by atoms with Crippen LogP contribution in [-0.2, 0) is 0 Å². The van der Waals surface area contributed by atoms with Crippen molar-refractivity contribution in [2.24, 2.45) is 0 Å². The van der Waals surface area contributed by atoms with E-state index in [1.54, 1.807) is 0 Å². The highest BCUT2D eigenvalue weighted by molar-refractivity contribution is 6.11. The molecule has 2 unspecified atom stereocenters. The maximum Gasteiger partial charge on any atom is 0.0994 e. The van der Waals surface area contributed by atoms with Crippen LogP contribution in [0.3, 0.4) is 0 Å². The third-order valence-electron chi connectivity index (χ3n) is 10.3. The van der Waals surface area contributed by atoms with Gasteiger partial charge in [0.05, 0.1) is 40.3 Å². The summed E-state index contributed by atoms with van der Waals surface area (Å²) >= 11 is 0. The molecule has 0 N–H and O–H groups in total. The Morgan fingerprint density at radius 3 is 2.16 bits per heavy atom. The Balaban J connectivity index is 1.25. The lowest BCUT2D eigenvalue weighted by Crippen LogP contribution is -2.18. The second kappa shape index (κ2) is 11.8. The van der Waals surface area contributed by atoms with Gasteiger partial charge in [0.2, 0.25) is 0 Å². The maximum atomic E-state index is 10.6. The average Bonchev–Trinajstić information content (AvgIpc) is 3.54. The molecule has 0 saturated heterocycles. The van der Waals surface area contributed by atoms with Crippen LogP contribution in [0, 0.1) is 29.6 Å². The van der Waals surface area contributed by atoms with Crippen LogP contribution in [-0.4, -0.2) is 9.13 Å². The summed E-state index contributed by atoms with van der Waals surface area (Å²) in [5.41, 5.74) is 11.2. The van der Waals surface area contributed by atoms with Crippen molar-refractivity contribution in [2.45, 2.75) is 25.3 Å². The molecule has 0 bridgehead atoms. The molecule has 0 amide bonds. The highest BCUT2D eigenvalue weighted by Crippen LogP contribution is 2.45. The van der Waals surface area contributed by atoms with Gasteiger partial charge in [0.15, 0.2) is 0 Å². The van der Waals surface area contributed by atoms with Gasteiger partial charge in [-0.15, -0.1) is 0 Å². The molecule has 236 valence electrons. The number of hydrogen-bond donors (Lipinski definition) is 0. The fourth-order valence-corrected chi connectivity index (χ4v) is 8.11. The van der Waals surface area contributed by atoms with Gasteiger partial charge in [-0.2, -0.15) is 10.5 Å². The first-order chi connectivity index (χ1) is 24.6. The number of para-hydroxylation sites is 2. The van der Waals surface area contributed by atoms with E-state index in [1.807, 2.05) is 24.3 Å². The topological polar surface area (TPSA) is 57.4 Å². The number of nitriles is 2. The standard InChI is InChI=1S/C46H32N4/c1-30-21-23-44-39(25-30)40-26-31(28-47)22-24-45(40)50(44)43-20-9-6-16-38(43)46-33(29-48)12-10-17-35(46)32-11-2-3-13-34(27-32)49-41-18-7-4-14-36(41)37-15-5-8-19-42(37)49/h2,4-27,38,43H,3H2,1H3. The highest BCUT2D eigenvalue weighted by Gasteiger charge is 2.30. The molecule has 50 heavy (non-hydrogen) atoms. The molecule has 0 fully saturated rings. The number of rotatable bonds is 4. The van der Waals surface area contributed by atoms with Gasteiger partial charge < -0.3 is 9.13 Å². The number of aryl methyl sites for hydroxylation is 1. The van der Waals surface area contributed by atoms with Gasteiger partial charge in [-0.05, 0) is 84.7 Å². The lowest BCUT2D eigenvalue weighted by Gasteiger charge is -2.30. The van der Waals surface area contributed by atoms with Crippen molar-refractivity contribution in [3.8, 4) is 12.1 Å². The second-order valence-corrected chi connectivity index (χ2v) is 13.1. The van der Waals surface area contributed by atoms with E-state index in [1.165, 1.54) is 27.4 Å². The van der Waals surface area contributed by atoms with E-state index in [0.717, 1.165) is 50.6 Å². The molecule has 2 atom stereocenters. The molecule has 2 aromatic heterocycles. The zero-order chi connectivity index (χ0) is 33.8. The molecule has 2 aliphatic rings. The lowest BCUT2D eigenvalue weighted by molar-refractivity contribution is 0.574. The number of benzene rings is 5. The van der Waals surface area contributed by atoms with Gasteiger partial charge in [0.1, 0.15) is 0 Å². The Morgan fingerprint density at radius 2 is 1.40 bits per heavy atom. The van der Waals surface area contributed by atoms with Gasteiger partial charge >= 0.3 is 0 Å². The molecule has 0 aliphatic heterocycles. The van der Waals surface area contributed by atoms with Crippen LogP contribution < -0.4 is 0 Å². The largest absolute Gasteiger partial charge is 0.332 e. The molecule has 4 heteroatoms. The fourth-order valence-electron chi connectivity index (χ4n) is 8.11. The van der Waals surface area contributed by atoms with Crippen LogP contribution in [0.15, 0.2) is 152 Å². The Bertz CT molecular complexity index is 2730. The minimum absolute atomic E-state index is 0.105. The van der Waals surface area contributed by atoms with Gasteiger partial charge in [-0.3, -0.25) is 0 Å². The molecule has 5 aromatic carbocycles. The summed E-state index contributed by atoms with van der Waals surface area (Å²) in [5.74, 6) is -0.125. The van der Waals surface area contributed by atoms with E-state index in [4.69, 9.17) is 0 Å². The molecule has 2 aliphatic carbocycles. The smallest absolute Gasteiger partial charge is 0.0994 e. The summed E-state index contributed by atoms with van der Waals surface area (Å²) in [6, 6.07) is 40.6. The minimum atomic E-state index is -0.125. The SMILES string of the molecule is Cc1ccc2c(c1)c1cc(C#N)ccc1n2C1C=CC=CC1c1c(C#N)cccc1C1=CC(n2c3ccccc3c3ccccc32)=CCC=C1. The second-order valence-electron chi connectivity index (χ2n) is 13.1. The van der Waals surface area contributed by atoms with Crippen LogP contribution >= 0.6 is 0 Å². The van der Waals surface area contributed by atoms with Crippen molar-refractivity contribution in [3.63, 3.8) is 0 Å². The molecule has 9 rings (SSSR count). The Labute approximate surface area is 290 Å². The van der Waals surface area contributed by atoms with Crippen molar-refractivity contribution in [1.82, 2.24) is 9.13 Å². The third-order valence-corrected chi connectivity index (χ3v) is 10.3. The predicted molar refractivity (Wildman–Crippen MR) is 206 cm³/mol. The van der Waals surface area contributed by atoms with Crippen molar-refractivity contribution in [2.75, 3.05) is 0 Å². The van der Waals surface area contributed by atoms with E-state index in [-0.39, 0.29) is 12.0 Å². The van der Waals surface area contributed by atoms with Crippen molar-refractivity contribution in [1.29, 1.82) is 10.5 Å². The van der Waals surface area contributed by atoms with Crippen LogP contribution in [0.2, 0.25) is 0 Å². The Hall–Kier alpha value is -6.62. The van der Waals surface area contributed by atoms with E-state index in [9.17, 15) is 10.5 Å². The molecule has 0 saturated carbocycles. The summed E-state index contributed by atoms with van der Waals surface area (Å²) < 4.78 is 4.77. The monoisotopic (exact) mass is 640 g/mol. The van der Waals surface area contributed by atoms with E-state index in [0.29, 0.717) is 11.1 Å². The zero-order valence-electron chi connectivity index (χ0n) is 27.6. The number of fused-ring (bicyclic) bond motifs is 6. The van der Waals surface area contributed by atoms with Gasteiger partial charge in [0, 0.05) is 44.2 Å². The molecule has 7 aromatic rings. The normalized spacial score (nSPS) is 17.2. The number of nitrogens with zero attached hydrogens (tertiary/aromatic N) is 4. The fraction of sp³-hybridized carbons (Fsp3) is 0.0870. The molecular weight excluding hydrogens is 609 g/mol. The Kier molecular flexibility index (Phi) is 6.97. The number of aromatic nitrogens is 2. The van der Waals surface area contributed by atoms with Crippen molar-refractivity contribution >= 4 is 54.9 Å². The van der Waals surface area contributed by atoms with Gasteiger partial charge in [0.25, 0.3) is 0 Å². The lowest BCUT2D eigenvalue weighted by atomic mass is 9.80. The van der Waals surface area contributed by atoms with Crippen molar-refractivity contribution in [3.05, 3.63) is 180 Å². The predicted octanol–water partition coefficient (Wildman–Crippen LogP) is 11.3. The quantitative estimate of drug-likeness (QED) is 0.192. The van der Waals surface area contributed by atoms with Gasteiger partial charge in [-0.1, -0.05) is 103 Å². The van der Waals surface area contributed by atoms with Crippen LogP contribution in [0.4, 0.5) is 0 Å². The maximum absolute atomic E-state index is 10.6. The first kappa shape index (κ1) is 29.5. The van der Waals surface area contributed by atoms with E-state index < -0.39 is 0 Å². The summed E-state index contributed by atoms with van der Waals surface area (Å²) in [4.78, 5) is 0. The van der Waals surface area contributed by atoms with Crippen LogP contribution in [0.1, 0.15) is 46.2 Å². The van der Waals surface area contributed by atoms with E-state index in [2.05, 4.69) is 156 Å². The summed E-state index contributed by atoms with van der Waals surface area (Å²) in [5, 5.41) is 25.0. The molecule has 2 heterocycles. The van der Waals surface area contributed by atoms with E-state index >= 15 is 0 Å². The number of hydrogen-bond acceptors (Lipinski definition) is 2. The molecule has 0 spiro atoms. The van der Waals surface area contributed by atoms with Crippen LogP contribution in [0.25, 0.3) is 54.9 Å². The summed E-state index contributed by atoms with van der Waals surface area (Å²) in [7, 11) is 0. The average molecular weight is 641 g/mol. The summed E-state index contributed by atoms with van der Waals surface area (Å²) in [6.07, 6.45) is 18.5. The Morgan fingerprint density at radius 1 is 0.680 bits per heavy atom. The van der Waals surface area contributed by atoms with Gasteiger partial charge in [-0.25, -0.2) is 0 Å². The molecular formula is C46H32N4. The zero-order valence-corrected chi connectivity index (χ0v) is 27.6. The first-order valence-corrected chi connectivity index (χ1v) is 17.0. The first-order valence-electron chi connectivity index (χ1n) is 17.0. The summed E-state index contributed by atoms with van der Waals surface area (Å²) in [6.45, 7) is 2.11. The minimum Gasteiger partial charge on any atom is -0.332 e. The van der Waals surface area contributed by atoms with Crippen LogP contribution in [0.5, 0.6) is 0 Å². The molecule has 0 radical (unpaired) electrons. The number of allylic oxidation sites excluding steroid dienone is 10. The third kappa shape index (κ3) is 4.58.